The molecule has 0 aliphatic carbocycles. The third-order valence-electron chi connectivity index (χ3n) is 5.56. The molecule has 2 fully saturated rings. The molecule has 2 aliphatic heterocycles. The smallest absolute Gasteiger partial charge is 0.324 e. The third-order valence-corrected chi connectivity index (χ3v) is 8.08. The van der Waals surface area contributed by atoms with E-state index in [9.17, 15) is 35.9 Å². The number of nitrogens with zero attached hydrogens (tertiary/aromatic N) is 2. The predicted molar refractivity (Wildman–Crippen MR) is 117 cm³/mol. The lowest BCUT2D eigenvalue weighted by Gasteiger charge is -2.29. The van der Waals surface area contributed by atoms with Gasteiger partial charge < -0.3 is 9.80 Å². The van der Waals surface area contributed by atoms with Crippen molar-refractivity contribution in [3.05, 3.63) is 70.8 Å². The van der Waals surface area contributed by atoms with Crippen molar-refractivity contribution in [1.82, 2.24) is 9.80 Å². The number of rotatable bonds is 5. The number of carbonyl (C=O) groups is 2. The molecule has 0 unspecified atom stereocenters. The molecule has 12 heteroatoms. The summed E-state index contributed by atoms with van der Waals surface area (Å²) in [6.07, 6.45) is -8.92. The van der Waals surface area contributed by atoms with Gasteiger partial charge in [0.15, 0.2) is 0 Å². The molecule has 0 saturated carbocycles. The normalized spacial score (nSPS) is 21.6. The van der Waals surface area contributed by atoms with Gasteiger partial charge in [0.2, 0.25) is 11.8 Å². The predicted octanol–water partition coefficient (Wildman–Crippen LogP) is 5.57. The molecule has 2 saturated heterocycles. The molecule has 2 atom stereocenters. The van der Waals surface area contributed by atoms with Gasteiger partial charge in [-0.25, -0.2) is 0 Å². The Balaban J connectivity index is 1.47. The van der Waals surface area contributed by atoms with Crippen LogP contribution in [0.1, 0.15) is 33.0 Å². The Labute approximate surface area is 199 Å². The molecule has 4 nitrogen and oxygen atoms in total. The molecule has 0 bridgehead atoms. The second-order valence-electron chi connectivity index (χ2n) is 7.74. The Morgan fingerprint density at radius 3 is 1.26 bits per heavy atom. The van der Waals surface area contributed by atoms with Crippen LogP contribution in [0.3, 0.4) is 0 Å². The highest BCUT2D eigenvalue weighted by Crippen LogP contribution is 2.42. The van der Waals surface area contributed by atoms with E-state index in [4.69, 9.17) is 0 Å². The molecule has 2 heterocycles. The molecule has 2 aliphatic rings. The number of amides is 2. The largest absolute Gasteiger partial charge is 0.416 e. The van der Waals surface area contributed by atoms with Gasteiger partial charge in [-0.3, -0.25) is 9.59 Å². The molecular formula is C22H18F6N2O2S2. The Morgan fingerprint density at radius 2 is 0.971 bits per heavy atom. The molecular weight excluding hydrogens is 502 g/mol. The maximum atomic E-state index is 12.9. The van der Waals surface area contributed by atoms with Crippen molar-refractivity contribution in [1.29, 1.82) is 0 Å². The highest BCUT2D eigenvalue weighted by Gasteiger charge is 2.38. The van der Waals surface area contributed by atoms with E-state index in [0.717, 1.165) is 24.3 Å². The summed E-state index contributed by atoms with van der Waals surface area (Å²) in [6.45, 7) is 0.307. The van der Waals surface area contributed by atoms with Crippen LogP contribution in [0.25, 0.3) is 0 Å². The number of halogens is 6. The van der Waals surface area contributed by atoms with Crippen molar-refractivity contribution in [3.63, 3.8) is 0 Å². The van der Waals surface area contributed by atoms with Gasteiger partial charge in [0, 0.05) is 13.1 Å². The van der Waals surface area contributed by atoms with E-state index in [1.165, 1.54) is 57.6 Å². The average Bonchev–Trinajstić information content (AvgIpc) is 3.33. The minimum atomic E-state index is -4.46. The number of carbonyl (C=O) groups excluding carboxylic acids is 2. The fraction of sp³-hybridized carbons (Fsp3) is 0.364. The fourth-order valence-corrected chi connectivity index (χ4v) is 6.27. The van der Waals surface area contributed by atoms with E-state index in [1.54, 1.807) is 0 Å². The Bertz CT molecular complexity index is 972. The van der Waals surface area contributed by atoms with E-state index in [-0.39, 0.29) is 36.4 Å². The zero-order valence-corrected chi connectivity index (χ0v) is 19.0. The fourth-order valence-electron chi connectivity index (χ4n) is 3.83. The average molecular weight is 521 g/mol. The summed E-state index contributed by atoms with van der Waals surface area (Å²) in [6, 6.07) is 9.25. The van der Waals surface area contributed by atoms with Crippen LogP contribution >= 0.6 is 23.5 Å². The molecule has 2 aromatic rings. The van der Waals surface area contributed by atoms with Crippen molar-refractivity contribution in [2.75, 3.05) is 24.6 Å². The number of hydrogen-bond acceptors (Lipinski definition) is 4. The van der Waals surface area contributed by atoms with Crippen molar-refractivity contribution < 1.29 is 35.9 Å². The number of alkyl halides is 6. The number of benzene rings is 2. The quantitative estimate of drug-likeness (QED) is 0.484. The molecule has 182 valence electrons. The summed E-state index contributed by atoms with van der Waals surface area (Å²) >= 11 is 2.58. The molecule has 0 N–H and O–H groups in total. The number of thioether (sulfide) groups is 2. The summed E-state index contributed by atoms with van der Waals surface area (Å²) in [5.41, 5.74) is -0.470. The van der Waals surface area contributed by atoms with E-state index in [0.29, 0.717) is 11.1 Å². The first kappa shape index (κ1) is 24.8. The van der Waals surface area contributed by atoms with E-state index < -0.39 is 34.2 Å². The van der Waals surface area contributed by atoms with Crippen molar-refractivity contribution in [3.8, 4) is 0 Å². The van der Waals surface area contributed by atoms with Crippen LogP contribution < -0.4 is 0 Å². The maximum Gasteiger partial charge on any atom is 0.416 e. The van der Waals surface area contributed by atoms with Gasteiger partial charge in [-0.15, -0.1) is 23.5 Å². The third kappa shape index (κ3) is 5.17. The lowest BCUT2D eigenvalue weighted by Crippen LogP contribution is -2.39. The molecule has 34 heavy (non-hydrogen) atoms. The first-order valence-corrected chi connectivity index (χ1v) is 12.2. The summed E-state index contributed by atoms with van der Waals surface area (Å²) in [5.74, 6) is -0.0616. The lowest BCUT2D eigenvalue weighted by atomic mass is 10.1. The number of hydrogen-bond donors (Lipinski definition) is 0. The van der Waals surface area contributed by atoms with Crippen LogP contribution in [0, 0.1) is 0 Å². The van der Waals surface area contributed by atoms with Crippen LogP contribution in [0.5, 0.6) is 0 Å². The first-order valence-electron chi connectivity index (χ1n) is 10.1. The molecule has 0 spiro atoms. The van der Waals surface area contributed by atoms with Crippen molar-refractivity contribution in [2.24, 2.45) is 0 Å². The maximum absolute atomic E-state index is 12.9. The van der Waals surface area contributed by atoms with E-state index in [2.05, 4.69) is 0 Å². The summed E-state index contributed by atoms with van der Waals surface area (Å²) in [4.78, 5) is 28.0. The van der Waals surface area contributed by atoms with Gasteiger partial charge in [-0.1, -0.05) is 24.3 Å². The summed E-state index contributed by atoms with van der Waals surface area (Å²) < 4.78 is 77.1. The van der Waals surface area contributed by atoms with Gasteiger partial charge >= 0.3 is 12.4 Å². The minimum absolute atomic E-state index is 0.154. The second kappa shape index (κ2) is 9.37. The molecule has 2 aromatic carbocycles. The van der Waals surface area contributed by atoms with Gasteiger partial charge in [-0.2, -0.15) is 26.3 Å². The summed E-state index contributed by atoms with van der Waals surface area (Å²) in [7, 11) is 0. The zero-order chi connectivity index (χ0) is 24.7. The van der Waals surface area contributed by atoms with Crippen molar-refractivity contribution >= 4 is 35.3 Å². The van der Waals surface area contributed by atoms with Gasteiger partial charge in [0.1, 0.15) is 10.7 Å². The molecule has 0 aromatic heterocycles. The van der Waals surface area contributed by atoms with E-state index in [1.807, 2.05) is 0 Å². The molecule has 0 radical (unpaired) electrons. The highest BCUT2D eigenvalue weighted by molar-refractivity contribution is 8.00. The summed E-state index contributed by atoms with van der Waals surface area (Å²) in [5, 5.41) is -0.964. The monoisotopic (exact) mass is 520 g/mol. The Kier molecular flexibility index (Phi) is 6.83. The Morgan fingerprint density at radius 1 is 0.647 bits per heavy atom. The second-order valence-corrected chi connectivity index (χ2v) is 9.88. The van der Waals surface area contributed by atoms with Crippen LogP contribution in [0.15, 0.2) is 48.5 Å². The molecule has 4 rings (SSSR count). The standard InChI is InChI=1S/C22H18F6N2O2S2/c23-21(24,25)15-5-1-13(2-6-15)19-29(17(31)11-33-19)9-10-30-18(32)12-34-20(30)14-3-7-16(8-4-14)22(26,27)28/h1-8,19-20H,9-12H2/t19-,20-/m0/s1. The SMILES string of the molecule is O=C1CS[C@@H](c2ccc(C(F)(F)F)cc2)N1CCN1C(=O)CS[C@H]1c1ccc(C(F)(F)F)cc1. The van der Waals surface area contributed by atoms with E-state index >= 15 is 0 Å². The van der Waals surface area contributed by atoms with Crippen molar-refractivity contribution in [2.45, 2.75) is 23.1 Å². The topological polar surface area (TPSA) is 40.6 Å². The van der Waals surface area contributed by atoms with Crippen LogP contribution in [0.2, 0.25) is 0 Å². The molecule has 2 amide bonds. The highest BCUT2D eigenvalue weighted by atomic mass is 32.2. The van der Waals surface area contributed by atoms with Crippen LogP contribution in [-0.2, 0) is 21.9 Å². The first-order chi connectivity index (χ1) is 15.9. The Hall–Kier alpha value is -2.34. The van der Waals surface area contributed by atoms with Gasteiger partial charge in [-0.05, 0) is 35.4 Å². The minimum Gasteiger partial charge on any atom is -0.324 e. The van der Waals surface area contributed by atoms with Crippen LogP contribution in [-0.4, -0.2) is 46.2 Å². The zero-order valence-electron chi connectivity index (χ0n) is 17.4. The van der Waals surface area contributed by atoms with Crippen LogP contribution in [0.4, 0.5) is 26.3 Å². The van der Waals surface area contributed by atoms with Gasteiger partial charge in [0.05, 0.1) is 22.6 Å². The lowest BCUT2D eigenvalue weighted by molar-refractivity contribution is -0.138. The van der Waals surface area contributed by atoms with Gasteiger partial charge in [0.25, 0.3) is 0 Å².